The summed E-state index contributed by atoms with van der Waals surface area (Å²) in [4.78, 5) is 15.6. The molecule has 0 N–H and O–H groups in total. The lowest BCUT2D eigenvalue weighted by atomic mass is 10.1. The van der Waals surface area contributed by atoms with Crippen LogP contribution in [0.3, 0.4) is 0 Å². The highest BCUT2D eigenvalue weighted by Gasteiger charge is 2.35. The summed E-state index contributed by atoms with van der Waals surface area (Å²) in [6.07, 6.45) is -4.61. The number of carbonyl (C=O) groups is 1. The molecule has 0 radical (unpaired) electrons. The van der Waals surface area contributed by atoms with E-state index >= 15 is 0 Å². The van der Waals surface area contributed by atoms with Crippen LogP contribution in [0.2, 0.25) is 0 Å². The summed E-state index contributed by atoms with van der Waals surface area (Å²) in [7, 11) is 1.12. The van der Waals surface area contributed by atoms with Gasteiger partial charge in [0.25, 0.3) is 0 Å². The fourth-order valence-corrected chi connectivity index (χ4v) is 2.32. The van der Waals surface area contributed by atoms with Crippen molar-refractivity contribution >= 4 is 17.1 Å². The molecule has 24 heavy (non-hydrogen) atoms. The Bertz CT molecular complexity index is 911. The lowest BCUT2D eigenvalue weighted by molar-refractivity contribution is -0.136. The summed E-state index contributed by atoms with van der Waals surface area (Å²) in [6.45, 7) is 1.87. The molecule has 0 aliphatic rings. The number of halogens is 3. The second-order valence-corrected chi connectivity index (χ2v) is 5.24. The van der Waals surface area contributed by atoms with Crippen molar-refractivity contribution in [3.8, 4) is 11.3 Å². The number of esters is 1. The topological polar surface area (TPSA) is 52.3 Å². The number of hydrogen-bond acceptors (Lipinski definition) is 4. The largest absolute Gasteiger partial charge is 0.463 e. The molecule has 3 aromatic rings. The molecule has 2 heterocycles. The first-order valence-corrected chi connectivity index (χ1v) is 6.96. The van der Waals surface area contributed by atoms with Gasteiger partial charge < -0.3 is 9.15 Å². The molecule has 0 aliphatic heterocycles. The summed E-state index contributed by atoms with van der Waals surface area (Å²) < 4.78 is 49.8. The van der Waals surface area contributed by atoms with Gasteiger partial charge in [0.1, 0.15) is 0 Å². The average Bonchev–Trinajstić information content (AvgIpc) is 2.96. The van der Waals surface area contributed by atoms with Crippen molar-refractivity contribution in [1.82, 2.24) is 4.98 Å². The molecule has 7 heteroatoms. The Morgan fingerprint density at radius 2 is 1.83 bits per heavy atom. The third-order valence-corrected chi connectivity index (χ3v) is 3.55. The second-order valence-electron chi connectivity index (χ2n) is 5.24. The Morgan fingerprint density at radius 3 is 2.42 bits per heavy atom. The molecule has 0 fully saturated rings. The minimum absolute atomic E-state index is 0.112. The molecular weight excluding hydrogens is 323 g/mol. The highest BCUT2D eigenvalue weighted by Crippen LogP contribution is 2.38. The van der Waals surface area contributed by atoms with Gasteiger partial charge in [0, 0.05) is 11.6 Å². The fraction of sp³-hybridized carbons (Fsp3) is 0.176. The van der Waals surface area contributed by atoms with Crippen molar-refractivity contribution in [2.75, 3.05) is 7.11 Å². The first-order chi connectivity index (χ1) is 11.3. The van der Waals surface area contributed by atoms with Gasteiger partial charge in [0.2, 0.25) is 11.5 Å². The lowest BCUT2D eigenvalue weighted by Crippen LogP contribution is -2.06. The number of aromatic nitrogens is 1. The number of alkyl halides is 3. The molecule has 1 aromatic carbocycles. The van der Waals surface area contributed by atoms with Gasteiger partial charge in [-0.25, -0.2) is 9.78 Å². The molecule has 2 aromatic heterocycles. The van der Waals surface area contributed by atoms with E-state index in [0.29, 0.717) is 5.56 Å². The summed E-state index contributed by atoms with van der Waals surface area (Å²) in [6, 6.07) is 8.84. The molecule has 4 nitrogen and oxygen atoms in total. The third kappa shape index (κ3) is 2.84. The monoisotopic (exact) mass is 335 g/mol. The maximum Gasteiger partial charge on any atom is 0.417 e. The van der Waals surface area contributed by atoms with Crippen molar-refractivity contribution in [1.29, 1.82) is 0 Å². The van der Waals surface area contributed by atoms with Crippen LogP contribution in [0.1, 0.15) is 21.7 Å². The third-order valence-electron chi connectivity index (χ3n) is 3.55. The van der Waals surface area contributed by atoms with Gasteiger partial charge in [0.15, 0.2) is 0 Å². The first kappa shape index (κ1) is 16.0. The number of carbonyl (C=O) groups excluding carboxylic acids is 1. The van der Waals surface area contributed by atoms with Crippen molar-refractivity contribution < 1.29 is 27.1 Å². The summed E-state index contributed by atoms with van der Waals surface area (Å²) >= 11 is 0. The van der Waals surface area contributed by atoms with Gasteiger partial charge in [0.05, 0.1) is 23.8 Å². The van der Waals surface area contributed by atoms with Crippen LogP contribution in [-0.2, 0) is 10.9 Å². The second kappa shape index (κ2) is 5.67. The lowest BCUT2D eigenvalue weighted by Gasteiger charge is -2.10. The summed E-state index contributed by atoms with van der Waals surface area (Å²) in [5, 5.41) is -0.279. The number of ether oxygens (including phenoxy) is 1. The molecule has 124 valence electrons. The number of fused-ring (bicyclic) bond motifs is 1. The average molecular weight is 335 g/mol. The molecule has 0 unspecified atom stereocenters. The zero-order chi connectivity index (χ0) is 17.5. The van der Waals surface area contributed by atoms with Crippen molar-refractivity contribution in [2.24, 2.45) is 0 Å². The molecule has 0 saturated carbocycles. The highest BCUT2D eigenvalue weighted by molar-refractivity contribution is 5.93. The fourth-order valence-electron chi connectivity index (χ4n) is 2.32. The SMILES string of the molecule is COC(=O)c1cc2c(C(F)(F)F)cc(-c3ccc(C)cc3)nc2o1. The zero-order valence-corrected chi connectivity index (χ0v) is 12.8. The minimum Gasteiger partial charge on any atom is -0.463 e. The minimum atomic E-state index is -4.61. The van der Waals surface area contributed by atoms with Crippen molar-refractivity contribution in [3.05, 3.63) is 53.3 Å². The van der Waals surface area contributed by atoms with E-state index in [2.05, 4.69) is 9.72 Å². The molecule has 0 saturated heterocycles. The van der Waals surface area contributed by atoms with Crippen molar-refractivity contribution in [3.63, 3.8) is 0 Å². The Kier molecular flexibility index (Phi) is 3.79. The van der Waals surface area contributed by atoms with Crippen LogP contribution < -0.4 is 0 Å². The van der Waals surface area contributed by atoms with E-state index in [0.717, 1.165) is 24.8 Å². The molecule has 0 aliphatic carbocycles. The Morgan fingerprint density at radius 1 is 1.17 bits per heavy atom. The van der Waals surface area contributed by atoms with Crippen molar-refractivity contribution in [2.45, 2.75) is 13.1 Å². The number of pyridine rings is 1. The van der Waals surface area contributed by atoms with E-state index in [9.17, 15) is 18.0 Å². The van der Waals surface area contributed by atoms with Crippen LogP contribution in [0.5, 0.6) is 0 Å². The normalized spacial score (nSPS) is 11.7. The molecule has 0 atom stereocenters. The number of furan rings is 1. The van der Waals surface area contributed by atoms with Crippen LogP contribution in [0.15, 0.2) is 40.8 Å². The van der Waals surface area contributed by atoms with Crippen LogP contribution >= 0.6 is 0 Å². The maximum atomic E-state index is 13.4. The maximum absolute atomic E-state index is 13.4. The number of hydrogen-bond donors (Lipinski definition) is 0. The van der Waals surface area contributed by atoms with E-state index in [4.69, 9.17) is 4.42 Å². The van der Waals surface area contributed by atoms with E-state index < -0.39 is 17.7 Å². The quantitative estimate of drug-likeness (QED) is 0.642. The molecule has 0 bridgehead atoms. The van der Waals surface area contributed by atoms with Crippen LogP contribution in [0.25, 0.3) is 22.4 Å². The van der Waals surface area contributed by atoms with Gasteiger partial charge in [-0.2, -0.15) is 13.2 Å². The number of aryl methyl sites for hydroxylation is 1. The van der Waals surface area contributed by atoms with Crippen LogP contribution in [0.4, 0.5) is 13.2 Å². The number of nitrogens with zero attached hydrogens (tertiary/aromatic N) is 1. The van der Waals surface area contributed by atoms with E-state index in [1.807, 2.05) is 6.92 Å². The van der Waals surface area contributed by atoms with Crippen LogP contribution in [-0.4, -0.2) is 18.1 Å². The number of benzene rings is 1. The Hall–Kier alpha value is -2.83. The number of methoxy groups -OCH3 is 1. The predicted octanol–water partition coefficient (Wildman–Crippen LogP) is 4.61. The molecule has 0 spiro atoms. The number of rotatable bonds is 2. The molecule has 0 amide bonds. The van der Waals surface area contributed by atoms with Gasteiger partial charge in [-0.3, -0.25) is 0 Å². The van der Waals surface area contributed by atoms with Gasteiger partial charge in [-0.1, -0.05) is 29.8 Å². The first-order valence-electron chi connectivity index (χ1n) is 6.96. The Balaban J connectivity index is 2.25. The molecule has 3 rings (SSSR count). The van der Waals surface area contributed by atoms with Gasteiger partial charge in [-0.15, -0.1) is 0 Å². The zero-order valence-electron chi connectivity index (χ0n) is 12.8. The highest BCUT2D eigenvalue weighted by atomic mass is 19.4. The van der Waals surface area contributed by atoms with E-state index in [1.165, 1.54) is 0 Å². The van der Waals surface area contributed by atoms with Gasteiger partial charge in [-0.05, 0) is 13.0 Å². The Labute approximate surface area is 134 Å². The summed E-state index contributed by atoms with van der Waals surface area (Å²) in [5.41, 5.74) is 0.425. The van der Waals surface area contributed by atoms with E-state index in [-0.39, 0.29) is 22.6 Å². The predicted molar refractivity (Wildman–Crippen MR) is 80.5 cm³/mol. The van der Waals surface area contributed by atoms with E-state index in [1.54, 1.807) is 24.3 Å². The summed E-state index contributed by atoms with van der Waals surface area (Å²) in [5.74, 6) is -1.19. The molecular formula is C17H12F3NO3. The van der Waals surface area contributed by atoms with Gasteiger partial charge >= 0.3 is 12.1 Å². The standard InChI is InChI=1S/C17H12F3NO3/c1-9-3-5-10(6-4-9)13-8-12(17(18,19)20)11-7-14(16(22)23-2)24-15(11)21-13/h3-8H,1-2H3. The smallest absolute Gasteiger partial charge is 0.417 e. The van der Waals surface area contributed by atoms with Crippen LogP contribution in [0, 0.1) is 6.92 Å².